The van der Waals surface area contributed by atoms with Gasteiger partial charge in [-0.25, -0.2) is 0 Å². The molecule has 4 rings (SSSR count). The minimum atomic E-state index is -0.665. The van der Waals surface area contributed by atoms with Gasteiger partial charge in [-0.1, -0.05) is 12.1 Å². The number of rotatable bonds is 7. The second-order valence-electron chi connectivity index (χ2n) is 8.88. The van der Waals surface area contributed by atoms with E-state index in [1.54, 1.807) is 30.2 Å². The van der Waals surface area contributed by atoms with Gasteiger partial charge in [0.15, 0.2) is 0 Å². The van der Waals surface area contributed by atoms with Crippen molar-refractivity contribution >= 4 is 17.4 Å². The van der Waals surface area contributed by atoms with E-state index in [-0.39, 0.29) is 17.4 Å². The SMILES string of the molecule is COc1ccc(C2/C(=C(/O)c3ccc4c(c3)CC(C)O4)C(=O)C(=O)N2CCCN(C)C)cc1. The third-order valence-electron chi connectivity index (χ3n) is 6.15. The van der Waals surface area contributed by atoms with Crippen LogP contribution in [0.1, 0.15) is 36.1 Å². The molecule has 1 N–H and O–H groups in total. The molecule has 2 aromatic carbocycles. The highest BCUT2D eigenvalue weighted by Crippen LogP contribution is 2.41. The molecule has 0 spiro atoms. The smallest absolute Gasteiger partial charge is 0.295 e. The van der Waals surface area contributed by atoms with Crippen LogP contribution >= 0.6 is 0 Å². The quantitative estimate of drug-likeness (QED) is 0.396. The van der Waals surface area contributed by atoms with Crippen LogP contribution in [0.2, 0.25) is 0 Å². The third kappa shape index (κ3) is 4.46. The Morgan fingerprint density at radius 3 is 2.58 bits per heavy atom. The summed E-state index contributed by atoms with van der Waals surface area (Å²) in [5.74, 6) is 0.0510. The summed E-state index contributed by atoms with van der Waals surface area (Å²) in [7, 11) is 5.52. The molecule has 2 unspecified atom stereocenters. The van der Waals surface area contributed by atoms with Gasteiger partial charge in [-0.15, -0.1) is 0 Å². The molecule has 0 aromatic heterocycles. The van der Waals surface area contributed by atoms with Gasteiger partial charge in [-0.05, 0) is 75.4 Å². The molecule has 2 aromatic rings. The number of Topliss-reactive ketones (excluding diaryl/α,β-unsaturated/α-hetero) is 1. The highest BCUT2D eigenvalue weighted by Gasteiger charge is 2.45. The van der Waals surface area contributed by atoms with Crippen molar-refractivity contribution in [2.24, 2.45) is 0 Å². The van der Waals surface area contributed by atoms with Crippen LogP contribution in [0.3, 0.4) is 0 Å². The summed E-state index contributed by atoms with van der Waals surface area (Å²) in [6.45, 7) is 3.18. The normalized spacial score (nSPS) is 21.4. The number of likely N-dealkylation sites (tertiary alicyclic amines) is 1. The fraction of sp³-hybridized carbons (Fsp3) is 0.385. The van der Waals surface area contributed by atoms with Gasteiger partial charge >= 0.3 is 0 Å². The minimum absolute atomic E-state index is 0.0685. The van der Waals surface area contributed by atoms with Gasteiger partial charge in [0.1, 0.15) is 23.4 Å². The zero-order valence-electron chi connectivity index (χ0n) is 19.5. The number of ketones is 1. The van der Waals surface area contributed by atoms with Gasteiger partial charge < -0.3 is 24.4 Å². The van der Waals surface area contributed by atoms with Gasteiger partial charge in [-0.2, -0.15) is 0 Å². The van der Waals surface area contributed by atoms with E-state index in [2.05, 4.69) is 0 Å². The van der Waals surface area contributed by atoms with Gasteiger partial charge in [0.2, 0.25) is 0 Å². The van der Waals surface area contributed by atoms with Crippen molar-refractivity contribution in [2.45, 2.75) is 31.9 Å². The summed E-state index contributed by atoms with van der Waals surface area (Å²) in [4.78, 5) is 29.8. The van der Waals surface area contributed by atoms with Crippen molar-refractivity contribution < 1.29 is 24.2 Å². The maximum absolute atomic E-state index is 13.2. The average molecular weight is 451 g/mol. The first-order valence-corrected chi connectivity index (χ1v) is 11.2. The highest BCUT2D eigenvalue weighted by atomic mass is 16.5. The Morgan fingerprint density at radius 2 is 1.91 bits per heavy atom. The Morgan fingerprint density at radius 1 is 1.18 bits per heavy atom. The van der Waals surface area contributed by atoms with Gasteiger partial charge in [0.25, 0.3) is 11.7 Å². The minimum Gasteiger partial charge on any atom is -0.507 e. The van der Waals surface area contributed by atoms with Crippen LogP contribution < -0.4 is 9.47 Å². The van der Waals surface area contributed by atoms with Gasteiger partial charge in [0, 0.05) is 18.5 Å². The Labute approximate surface area is 194 Å². The lowest BCUT2D eigenvalue weighted by Gasteiger charge is -2.26. The highest BCUT2D eigenvalue weighted by molar-refractivity contribution is 6.46. The fourth-order valence-electron chi connectivity index (χ4n) is 4.53. The summed E-state index contributed by atoms with van der Waals surface area (Å²) < 4.78 is 11.0. The number of amides is 1. The Hall–Kier alpha value is -3.32. The van der Waals surface area contributed by atoms with Crippen LogP contribution in [0, 0.1) is 0 Å². The number of nitrogens with zero attached hydrogens (tertiary/aromatic N) is 2. The molecule has 7 heteroatoms. The summed E-state index contributed by atoms with van der Waals surface area (Å²) in [5, 5.41) is 11.3. The van der Waals surface area contributed by atoms with Crippen molar-refractivity contribution in [3.63, 3.8) is 0 Å². The number of hydrogen-bond donors (Lipinski definition) is 1. The lowest BCUT2D eigenvalue weighted by atomic mass is 9.94. The first kappa shape index (κ1) is 22.9. The van der Waals surface area contributed by atoms with E-state index in [1.807, 2.05) is 50.2 Å². The summed E-state index contributed by atoms with van der Waals surface area (Å²) in [6, 6.07) is 12.0. The first-order valence-electron chi connectivity index (χ1n) is 11.2. The predicted molar refractivity (Wildman–Crippen MR) is 125 cm³/mol. The number of methoxy groups -OCH3 is 1. The molecule has 0 aliphatic carbocycles. The third-order valence-corrected chi connectivity index (χ3v) is 6.15. The number of aliphatic hydroxyl groups is 1. The number of carbonyl (C=O) groups is 2. The van der Waals surface area contributed by atoms with Crippen LogP contribution in [0.5, 0.6) is 11.5 Å². The van der Waals surface area contributed by atoms with Crippen LogP contribution in [-0.4, -0.2) is 67.0 Å². The molecular formula is C26H30N2O5. The molecule has 0 bridgehead atoms. The lowest BCUT2D eigenvalue weighted by Crippen LogP contribution is -2.32. The van der Waals surface area contributed by atoms with E-state index in [0.29, 0.717) is 24.3 Å². The van der Waals surface area contributed by atoms with E-state index in [4.69, 9.17) is 9.47 Å². The van der Waals surface area contributed by atoms with Gasteiger partial charge in [0.05, 0.1) is 18.7 Å². The molecule has 0 radical (unpaired) electrons. The zero-order chi connectivity index (χ0) is 23.7. The van der Waals surface area contributed by atoms with Crippen molar-refractivity contribution in [1.29, 1.82) is 0 Å². The fourth-order valence-corrected chi connectivity index (χ4v) is 4.53. The molecule has 1 fully saturated rings. The van der Waals surface area contributed by atoms with E-state index in [1.165, 1.54) is 0 Å². The Kier molecular flexibility index (Phi) is 6.42. The second kappa shape index (κ2) is 9.27. The molecule has 7 nitrogen and oxygen atoms in total. The van der Waals surface area contributed by atoms with Crippen molar-refractivity contribution in [2.75, 3.05) is 34.3 Å². The maximum Gasteiger partial charge on any atom is 0.295 e. The van der Waals surface area contributed by atoms with E-state index in [0.717, 1.165) is 29.8 Å². The Balaban J connectivity index is 1.77. The van der Waals surface area contributed by atoms with Crippen molar-refractivity contribution in [3.8, 4) is 11.5 Å². The summed E-state index contributed by atoms with van der Waals surface area (Å²) in [5.41, 5.74) is 2.35. The maximum atomic E-state index is 13.2. The molecular weight excluding hydrogens is 420 g/mol. The number of carbonyl (C=O) groups excluding carboxylic acids is 2. The molecule has 1 amide bonds. The molecule has 2 atom stereocenters. The molecule has 174 valence electrons. The number of ether oxygens (including phenoxy) is 2. The molecule has 33 heavy (non-hydrogen) atoms. The molecule has 1 saturated heterocycles. The standard InChI is InChI=1S/C26H30N2O5/c1-16-14-19-15-18(8-11-21(19)33-16)24(29)22-23(17-6-9-20(32-4)10-7-17)28(26(31)25(22)30)13-5-12-27(2)3/h6-11,15-16,23,29H,5,12-14H2,1-4H3/b24-22-. The van der Waals surface area contributed by atoms with E-state index >= 15 is 0 Å². The first-order chi connectivity index (χ1) is 15.8. The summed E-state index contributed by atoms with van der Waals surface area (Å²) >= 11 is 0. The molecule has 2 aliphatic rings. The van der Waals surface area contributed by atoms with E-state index < -0.39 is 17.7 Å². The molecule has 0 saturated carbocycles. The van der Waals surface area contributed by atoms with Crippen LogP contribution in [0.4, 0.5) is 0 Å². The number of benzene rings is 2. The average Bonchev–Trinajstić information content (AvgIpc) is 3.29. The predicted octanol–water partition coefficient (Wildman–Crippen LogP) is 3.39. The number of aliphatic hydroxyl groups excluding tert-OH is 1. The number of hydrogen-bond acceptors (Lipinski definition) is 6. The molecule has 2 heterocycles. The largest absolute Gasteiger partial charge is 0.507 e. The van der Waals surface area contributed by atoms with Crippen LogP contribution in [0.15, 0.2) is 48.0 Å². The van der Waals surface area contributed by atoms with E-state index in [9.17, 15) is 14.7 Å². The van der Waals surface area contributed by atoms with Gasteiger partial charge in [-0.3, -0.25) is 9.59 Å². The topological polar surface area (TPSA) is 79.3 Å². The number of fused-ring (bicyclic) bond motifs is 1. The van der Waals surface area contributed by atoms with Crippen molar-refractivity contribution in [1.82, 2.24) is 9.80 Å². The van der Waals surface area contributed by atoms with Crippen LogP contribution in [-0.2, 0) is 16.0 Å². The summed E-state index contributed by atoms with van der Waals surface area (Å²) in [6.07, 6.45) is 1.51. The van der Waals surface area contributed by atoms with Crippen molar-refractivity contribution in [3.05, 3.63) is 64.7 Å². The zero-order valence-corrected chi connectivity index (χ0v) is 19.5. The monoisotopic (exact) mass is 450 g/mol. The lowest BCUT2D eigenvalue weighted by molar-refractivity contribution is -0.139. The van der Waals surface area contributed by atoms with Crippen LogP contribution in [0.25, 0.3) is 5.76 Å². The molecule has 2 aliphatic heterocycles. The second-order valence-corrected chi connectivity index (χ2v) is 8.88. The Bertz CT molecular complexity index is 1090.